The van der Waals surface area contributed by atoms with Crippen LogP contribution in [0.25, 0.3) is 0 Å². The fourth-order valence-corrected chi connectivity index (χ4v) is 5.48. The number of amides is 2. The van der Waals surface area contributed by atoms with Gasteiger partial charge in [0.25, 0.3) is 5.91 Å². The molecule has 9 heteroatoms. The number of rotatable bonds is 6. The summed E-state index contributed by atoms with van der Waals surface area (Å²) in [6, 6.07) is 9.30. The summed E-state index contributed by atoms with van der Waals surface area (Å²) >= 11 is 3.57. The Morgan fingerprint density at radius 1 is 1.09 bits per heavy atom. The minimum absolute atomic E-state index is 0.112. The maximum absolute atomic E-state index is 13.4. The first kappa shape index (κ1) is 23.7. The van der Waals surface area contributed by atoms with E-state index in [0.717, 1.165) is 15.6 Å². The Balaban J connectivity index is 1.27. The molecule has 1 saturated carbocycles. The molecule has 2 aromatic rings. The smallest absolute Gasteiger partial charge is 0.308 e. The summed E-state index contributed by atoms with van der Waals surface area (Å²) in [5, 5.41) is 3.00. The minimum atomic E-state index is -0.193. The zero-order chi connectivity index (χ0) is 24.5. The summed E-state index contributed by atoms with van der Waals surface area (Å²) in [6.07, 6.45) is 2.52. The lowest BCUT2D eigenvalue weighted by atomic mass is 9.81. The Bertz CT molecular complexity index is 1170. The SMILES string of the molecule is CCOC(=O)C1CCC(C(=O)Nc2ccc(Br)c3c2C(=O)N(Cc2ccc4c(c2)OCO4)C3)CC1. The molecule has 184 valence electrons. The van der Waals surface area contributed by atoms with Crippen LogP contribution in [0.2, 0.25) is 0 Å². The number of hydrogen-bond acceptors (Lipinski definition) is 6. The fourth-order valence-electron chi connectivity index (χ4n) is 5.02. The van der Waals surface area contributed by atoms with Crippen LogP contribution < -0.4 is 14.8 Å². The van der Waals surface area contributed by atoms with Gasteiger partial charge < -0.3 is 24.4 Å². The number of carbonyl (C=O) groups excluding carboxylic acids is 3. The van der Waals surface area contributed by atoms with E-state index in [4.69, 9.17) is 14.2 Å². The van der Waals surface area contributed by atoms with E-state index in [1.54, 1.807) is 17.9 Å². The first-order chi connectivity index (χ1) is 16.9. The van der Waals surface area contributed by atoms with Gasteiger partial charge in [-0.25, -0.2) is 0 Å². The molecule has 0 bridgehead atoms. The van der Waals surface area contributed by atoms with Crippen LogP contribution in [0, 0.1) is 11.8 Å². The second kappa shape index (κ2) is 9.89. The van der Waals surface area contributed by atoms with Crippen molar-refractivity contribution in [3.05, 3.63) is 51.5 Å². The van der Waals surface area contributed by atoms with Gasteiger partial charge in [-0.3, -0.25) is 14.4 Å². The molecule has 0 spiro atoms. The highest BCUT2D eigenvalue weighted by Crippen LogP contribution is 2.38. The lowest BCUT2D eigenvalue weighted by Gasteiger charge is -2.26. The maximum atomic E-state index is 13.4. The van der Waals surface area contributed by atoms with Crippen LogP contribution in [0.1, 0.15) is 54.1 Å². The first-order valence-electron chi connectivity index (χ1n) is 11.9. The highest BCUT2D eigenvalue weighted by Gasteiger charge is 2.35. The number of nitrogens with zero attached hydrogens (tertiary/aromatic N) is 1. The van der Waals surface area contributed by atoms with E-state index in [2.05, 4.69) is 21.2 Å². The molecule has 5 rings (SSSR count). The van der Waals surface area contributed by atoms with Gasteiger partial charge in [0.15, 0.2) is 11.5 Å². The third kappa shape index (κ3) is 4.74. The summed E-state index contributed by atoms with van der Waals surface area (Å²) in [6.45, 7) is 3.23. The van der Waals surface area contributed by atoms with Gasteiger partial charge in [0.2, 0.25) is 12.7 Å². The van der Waals surface area contributed by atoms with Crippen molar-refractivity contribution in [1.82, 2.24) is 4.90 Å². The van der Waals surface area contributed by atoms with Crippen LogP contribution >= 0.6 is 15.9 Å². The van der Waals surface area contributed by atoms with Gasteiger partial charge in [-0.05, 0) is 62.4 Å². The number of esters is 1. The summed E-state index contributed by atoms with van der Waals surface area (Å²) in [4.78, 5) is 40.2. The summed E-state index contributed by atoms with van der Waals surface area (Å²) in [7, 11) is 0. The highest BCUT2D eigenvalue weighted by atomic mass is 79.9. The van der Waals surface area contributed by atoms with Crippen molar-refractivity contribution in [2.75, 3.05) is 18.7 Å². The molecule has 2 amide bonds. The molecule has 1 fully saturated rings. The monoisotopic (exact) mass is 542 g/mol. The van der Waals surface area contributed by atoms with Gasteiger partial charge >= 0.3 is 5.97 Å². The average molecular weight is 543 g/mol. The number of ether oxygens (including phenoxy) is 3. The van der Waals surface area contributed by atoms with E-state index >= 15 is 0 Å². The topological polar surface area (TPSA) is 94.2 Å². The fraction of sp³-hybridized carbons (Fsp3) is 0.423. The Kier molecular flexibility index (Phi) is 6.69. The summed E-state index contributed by atoms with van der Waals surface area (Å²) in [5.74, 6) is 0.639. The van der Waals surface area contributed by atoms with Gasteiger partial charge in [0, 0.05) is 29.0 Å². The molecule has 0 atom stereocenters. The van der Waals surface area contributed by atoms with Crippen molar-refractivity contribution in [3.63, 3.8) is 0 Å². The molecule has 0 saturated heterocycles. The minimum Gasteiger partial charge on any atom is -0.466 e. The van der Waals surface area contributed by atoms with Crippen molar-refractivity contribution >= 4 is 39.4 Å². The molecule has 2 heterocycles. The number of halogens is 1. The molecule has 2 aromatic carbocycles. The van der Waals surface area contributed by atoms with Gasteiger partial charge in [-0.2, -0.15) is 0 Å². The maximum Gasteiger partial charge on any atom is 0.308 e. The van der Waals surface area contributed by atoms with Crippen LogP contribution in [0.15, 0.2) is 34.8 Å². The molecule has 1 aliphatic carbocycles. The molecule has 3 aliphatic rings. The predicted molar refractivity (Wildman–Crippen MR) is 131 cm³/mol. The van der Waals surface area contributed by atoms with Crippen molar-refractivity contribution in [2.24, 2.45) is 11.8 Å². The van der Waals surface area contributed by atoms with E-state index in [1.807, 2.05) is 24.3 Å². The Morgan fingerprint density at radius 3 is 2.60 bits per heavy atom. The lowest BCUT2D eigenvalue weighted by Crippen LogP contribution is -2.31. The lowest BCUT2D eigenvalue weighted by molar-refractivity contribution is -0.150. The van der Waals surface area contributed by atoms with E-state index in [9.17, 15) is 14.4 Å². The van der Waals surface area contributed by atoms with Gasteiger partial charge in [-0.1, -0.05) is 22.0 Å². The highest BCUT2D eigenvalue weighted by molar-refractivity contribution is 9.10. The number of hydrogen-bond donors (Lipinski definition) is 1. The Labute approximate surface area is 212 Å². The molecule has 35 heavy (non-hydrogen) atoms. The predicted octanol–water partition coefficient (Wildman–Crippen LogP) is 4.64. The van der Waals surface area contributed by atoms with E-state index in [1.165, 1.54) is 0 Å². The van der Waals surface area contributed by atoms with Crippen LogP contribution in [0.3, 0.4) is 0 Å². The third-order valence-electron chi connectivity index (χ3n) is 6.89. The van der Waals surface area contributed by atoms with Gasteiger partial charge in [0.05, 0.1) is 23.8 Å². The van der Waals surface area contributed by atoms with Crippen LogP contribution in [-0.4, -0.2) is 36.1 Å². The molecule has 0 radical (unpaired) electrons. The van der Waals surface area contributed by atoms with Crippen LogP contribution in [-0.2, 0) is 27.4 Å². The molecule has 8 nitrogen and oxygen atoms in total. The average Bonchev–Trinajstić information content (AvgIpc) is 3.46. The molecule has 0 unspecified atom stereocenters. The normalized spacial score (nSPS) is 20.5. The van der Waals surface area contributed by atoms with Gasteiger partial charge in [0.1, 0.15) is 0 Å². The van der Waals surface area contributed by atoms with E-state index < -0.39 is 0 Å². The Hall–Kier alpha value is -3.07. The quantitative estimate of drug-likeness (QED) is 0.534. The standard InChI is InChI=1S/C26H27BrN2O6/c1-2-33-26(32)17-6-4-16(5-7-17)24(30)28-20-9-8-19(27)18-13-29(25(31)23(18)20)12-15-3-10-21-22(11-15)35-14-34-21/h3,8-11,16-17H,2,4-7,12-14H2,1H3,(H,28,30). The van der Waals surface area contributed by atoms with Crippen molar-refractivity contribution < 1.29 is 28.6 Å². The second-order valence-electron chi connectivity index (χ2n) is 9.09. The zero-order valence-electron chi connectivity index (χ0n) is 19.5. The molecule has 2 aliphatic heterocycles. The first-order valence-corrected chi connectivity index (χ1v) is 12.7. The second-order valence-corrected chi connectivity index (χ2v) is 9.94. The molecule has 0 aromatic heterocycles. The number of anilines is 1. The van der Waals surface area contributed by atoms with Crippen LogP contribution in [0.4, 0.5) is 5.69 Å². The Morgan fingerprint density at radius 2 is 1.83 bits per heavy atom. The largest absolute Gasteiger partial charge is 0.466 e. The summed E-state index contributed by atoms with van der Waals surface area (Å²) in [5.41, 5.74) is 2.85. The molecular weight excluding hydrogens is 516 g/mol. The van der Waals surface area contributed by atoms with Crippen molar-refractivity contribution in [1.29, 1.82) is 0 Å². The van der Waals surface area contributed by atoms with Crippen molar-refractivity contribution in [3.8, 4) is 11.5 Å². The number of nitrogens with one attached hydrogen (secondary N) is 1. The zero-order valence-corrected chi connectivity index (χ0v) is 21.1. The van der Waals surface area contributed by atoms with E-state index in [-0.39, 0.29) is 36.4 Å². The number of fused-ring (bicyclic) bond motifs is 2. The number of carbonyl (C=O) groups is 3. The van der Waals surface area contributed by atoms with Crippen molar-refractivity contribution in [2.45, 2.75) is 45.7 Å². The summed E-state index contributed by atoms with van der Waals surface area (Å²) < 4.78 is 16.8. The van der Waals surface area contributed by atoms with Crippen LogP contribution in [0.5, 0.6) is 11.5 Å². The third-order valence-corrected chi connectivity index (χ3v) is 7.63. The number of benzene rings is 2. The van der Waals surface area contributed by atoms with E-state index in [0.29, 0.717) is 68.1 Å². The molecular formula is C26H27BrN2O6. The van der Waals surface area contributed by atoms with Gasteiger partial charge in [-0.15, -0.1) is 0 Å². The molecule has 1 N–H and O–H groups in total.